The van der Waals surface area contributed by atoms with Crippen LogP contribution in [0.4, 0.5) is 0 Å². The van der Waals surface area contributed by atoms with Crippen LogP contribution >= 0.6 is 12.6 Å². The molecule has 11 heavy (non-hydrogen) atoms. The number of hydrogen-bond donors (Lipinski definition) is 2. The van der Waals surface area contributed by atoms with Gasteiger partial charge < -0.3 is 5.73 Å². The van der Waals surface area contributed by atoms with Crippen molar-refractivity contribution in [2.24, 2.45) is 10.7 Å². The first-order valence-corrected chi connectivity index (χ1v) is 3.94. The van der Waals surface area contributed by atoms with E-state index in [0.717, 1.165) is 5.70 Å². The number of aliphatic imine (C=N–C) groups is 1. The predicted octanol–water partition coefficient (Wildman–Crippen LogP) is 1.75. The highest BCUT2D eigenvalue weighted by Gasteiger charge is 1.84. The molecule has 0 unspecified atom stereocenters. The molecule has 0 radical (unpaired) electrons. The number of allylic oxidation sites excluding steroid dienone is 2. The molecule has 3 heteroatoms. The minimum absolute atomic E-state index is 0.460. The van der Waals surface area contributed by atoms with Crippen molar-refractivity contribution in [1.82, 2.24) is 0 Å². The van der Waals surface area contributed by atoms with E-state index in [-0.39, 0.29) is 0 Å². The topological polar surface area (TPSA) is 38.4 Å². The van der Waals surface area contributed by atoms with Gasteiger partial charge in [-0.15, -0.1) is 12.6 Å². The zero-order chi connectivity index (χ0) is 8.69. The summed E-state index contributed by atoms with van der Waals surface area (Å²) in [5, 5.41) is 1.65. The second-order valence-electron chi connectivity index (χ2n) is 2.32. The molecule has 0 atom stereocenters. The molecular weight excluding hydrogens is 156 g/mol. The summed E-state index contributed by atoms with van der Waals surface area (Å²) in [6, 6.07) is 0. The number of nitrogens with zero attached hydrogens (tertiary/aromatic N) is 1. The van der Waals surface area contributed by atoms with Gasteiger partial charge in [-0.3, -0.25) is 4.99 Å². The molecule has 0 heterocycles. The highest BCUT2D eigenvalue weighted by Crippen LogP contribution is 2.03. The lowest BCUT2D eigenvalue weighted by Crippen LogP contribution is -1.98. The van der Waals surface area contributed by atoms with Gasteiger partial charge in [-0.25, -0.2) is 0 Å². The molecule has 0 spiro atoms. The summed E-state index contributed by atoms with van der Waals surface area (Å²) in [6.07, 6.45) is 3.60. The molecule has 0 aromatic heterocycles. The molecule has 0 aromatic carbocycles. The first-order valence-electron chi connectivity index (χ1n) is 3.42. The first kappa shape index (κ1) is 10.5. The van der Waals surface area contributed by atoms with Gasteiger partial charge in [0.05, 0.1) is 5.70 Å². The minimum atomic E-state index is 0.460. The van der Waals surface area contributed by atoms with Crippen molar-refractivity contribution < 1.29 is 0 Å². The fourth-order valence-corrected chi connectivity index (χ4v) is 0.703. The molecule has 0 saturated carbocycles. The summed E-state index contributed by atoms with van der Waals surface area (Å²) in [6.45, 7) is 4.48. The van der Waals surface area contributed by atoms with E-state index < -0.39 is 0 Å². The zero-order valence-corrected chi connectivity index (χ0v) is 7.81. The summed E-state index contributed by atoms with van der Waals surface area (Å²) in [4.78, 5) is 4.06. The smallest absolute Gasteiger partial charge is 0.0685 e. The molecule has 0 aliphatic carbocycles. The largest absolute Gasteiger partial charge is 0.326 e. The summed E-state index contributed by atoms with van der Waals surface area (Å²) in [5.74, 6) is 0. The van der Waals surface area contributed by atoms with Crippen molar-refractivity contribution >= 4 is 18.8 Å². The third kappa shape index (κ3) is 5.88. The van der Waals surface area contributed by atoms with Crippen LogP contribution in [0.2, 0.25) is 0 Å². The van der Waals surface area contributed by atoms with Crippen LogP contribution in [0.15, 0.2) is 27.7 Å². The standard InChI is InChI=1S/C8H14N2S/c1-7(2)5-8(6-11)10-4-3-9/h4-6,11H,3,9H2,1-2H3/b8-6-,10-4?. The molecule has 0 bridgehead atoms. The highest BCUT2D eigenvalue weighted by molar-refractivity contribution is 7.83. The maximum Gasteiger partial charge on any atom is 0.0685 e. The van der Waals surface area contributed by atoms with Gasteiger partial charge >= 0.3 is 0 Å². The Balaban J connectivity index is 4.21. The van der Waals surface area contributed by atoms with Crippen molar-refractivity contribution in [2.45, 2.75) is 13.8 Å². The Morgan fingerprint density at radius 1 is 1.55 bits per heavy atom. The first-order chi connectivity index (χ1) is 5.20. The van der Waals surface area contributed by atoms with Crippen LogP contribution in [0.25, 0.3) is 0 Å². The van der Waals surface area contributed by atoms with E-state index in [4.69, 9.17) is 5.73 Å². The van der Waals surface area contributed by atoms with Gasteiger partial charge in [0, 0.05) is 12.8 Å². The molecule has 0 rings (SSSR count). The molecule has 0 aromatic rings. The number of hydrogen-bond acceptors (Lipinski definition) is 3. The lowest BCUT2D eigenvalue weighted by Gasteiger charge is -1.92. The highest BCUT2D eigenvalue weighted by atomic mass is 32.1. The lowest BCUT2D eigenvalue weighted by molar-refractivity contribution is 1.29. The summed E-state index contributed by atoms with van der Waals surface area (Å²) in [7, 11) is 0. The van der Waals surface area contributed by atoms with Gasteiger partial charge in [0.25, 0.3) is 0 Å². The molecular formula is C8H14N2S. The maximum absolute atomic E-state index is 5.24. The molecule has 0 aliphatic rings. The van der Waals surface area contributed by atoms with Crippen LogP contribution in [0, 0.1) is 0 Å². The third-order valence-electron chi connectivity index (χ3n) is 0.915. The van der Waals surface area contributed by atoms with E-state index in [1.807, 2.05) is 19.9 Å². The van der Waals surface area contributed by atoms with Gasteiger partial charge in [0.1, 0.15) is 0 Å². The van der Waals surface area contributed by atoms with Crippen LogP contribution in [-0.2, 0) is 0 Å². The molecule has 0 fully saturated rings. The van der Waals surface area contributed by atoms with Gasteiger partial charge in [-0.05, 0) is 25.3 Å². The molecule has 2 nitrogen and oxygen atoms in total. The van der Waals surface area contributed by atoms with Crippen LogP contribution in [-0.4, -0.2) is 12.8 Å². The average Bonchev–Trinajstić information content (AvgIpc) is 1.97. The maximum atomic E-state index is 5.24. The average molecular weight is 170 g/mol. The normalized spacial score (nSPS) is 12.2. The van der Waals surface area contributed by atoms with Crippen LogP contribution in [0.3, 0.4) is 0 Å². The Bertz CT molecular complexity index is 188. The Morgan fingerprint density at radius 3 is 2.55 bits per heavy atom. The Morgan fingerprint density at radius 2 is 2.18 bits per heavy atom. The Hall–Kier alpha value is -0.540. The molecule has 0 saturated heterocycles. The molecule has 2 N–H and O–H groups in total. The predicted molar refractivity (Wildman–Crippen MR) is 54.0 cm³/mol. The van der Waals surface area contributed by atoms with Crippen LogP contribution < -0.4 is 5.73 Å². The number of nitrogens with two attached hydrogens (primary N) is 1. The van der Waals surface area contributed by atoms with E-state index in [2.05, 4.69) is 17.6 Å². The molecule has 62 valence electrons. The lowest BCUT2D eigenvalue weighted by atomic mass is 10.3. The van der Waals surface area contributed by atoms with Crippen molar-refractivity contribution in [3.05, 3.63) is 22.8 Å². The summed E-state index contributed by atoms with van der Waals surface area (Å²) < 4.78 is 0. The summed E-state index contributed by atoms with van der Waals surface area (Å²) >= 11 is 4.00. The van der Waals surface area contributed by atoms with Crippen molar-refractivity contribution in [3.63, 3.8) is 0 Å². The van der Waals surface area contributed by atoms with Gasteiger partial charge in [-0.2, -0.15) is 0 Å². The number of rotatable bonds is 3. The fraction of sp³-hybridized carbons (Fsp3) is 0.375. The van der Waals surface area contributed by atoms with Gasteiger partial charge in [0.15, 0.2) is 0 Å². The molecule has 0 amide bonds. The van der Waals surface area contributed by atoms with Crippen molar-refractivity contribution in [2.75, 3.05) is 6.54 Å². The Kier molecular flexibility index (Phi) is 5.88. The summed E-state index contributed by atoms with van der Waals surface area (Å²) in [5.41, 5.74) is 7.27. The second kappa shape index (κ2) is 6.19. The number of thiol groups is 1. The van der Waals surface area contributed by atoms with E-state index in [1.165, 1.54) is 5.57 Å². The monoisotopic (exact) mass is 170 g/mol. The van der Waals surface area contributed by atoms with Crippen molar-refractivity contribution in [3.8, 4) is 0 Å². The van der Waals surface area contributed by atoms with Crippen LogP contribution in [0.1, 0.15) is 13.8 Å². The molecule has 0 aliphatic heterocycles. The van der Waals surface area contributed by atoms with Gasteiger partial charge in [-0.1, -0.05) is 5.57 Å². The fourth-order valence-electron chi connectivity index (χ4n) is 0.562. The van der Waals surface area contributed by atoms with E-state index in [9.17, 15) is 0 Å². The minimum Gasteiger partial charge on any atom is -0.326 e. The van der Waals surface area contributed by atoms with E-state index in [0.29, 0.717) is 6.54 Å². The quantitative estimate of drug-likeness (QED) is 0.378. The van der Waals surface area contributed by atoms with E-state index in [1.54, 1.807) is 11.6 Å². The van der Waals surface area contributed by atoms with Gasteiger partial charge in [0.2, 0.25) is 0 Å². The van der Waals surface area contributed by atoms with Crippen molar-refractivity contribution in [1.29, 1.82) is 0 Å². The SMILES string of the molecule is CC(C)=C/C(=C/S)N=CCN. The Labute approximate surface area is 73.3 Å². The zero-order valence-electron chi connectivity index (χ0n) is 6.91. The van der Waals surface area contributed by atoms with E-state index >= 15 is 0 Å². The van der Waals surface area contributed by atoms with Crippen LogP contribution in [0.5, 0.6) is 0 Å². The second-order valence-corrected chi connectivity index (χ2v) is 2.58. The third-order valence-corrected chi connectivity index (χ3v) is 1.18.